The van der Waals surface area contributed by atoms with E-state index in [0.29, 0.717) is 6.10 Å². The maximum Gasteiger partial charge on any atom is 0.0518 e. The molecule has 0 fully saturated rings. The van der Waals surface area contributed by atoms with Crippen molar-refractivity contribution in [3.8, 4) is 0 Å². The lowest BCUT2D eigenvalue weighted by molar-refractivity contribution is 0.0770. The molecule has 2 heteroatoms. The van der Waals surface area contributed by atoms with Crippen LogP contribution in [0.25, 0.3) is 0 Å². The lowest BCUT2D eigenvalue weighted by Gasteiger charge is -2.08. The van der Waals surface area contributed by atoms with E-state index in [9.17, 15) is 0 Å². The summed E-state index contributed by atoms with van der Waals surface area (Å²) >= 11 is 0. The van der Waals surface area contributed by atoms with Gasteiger partial charge in [0.2, 0.25) is 0 Å². The minimum absolute atomic E-state index is 0.341. The zero-order valence-corrected chi connectivity index (χ0v) is 9.62. The Morgan fingerprint density at radius 2 is 2.33 bits per heavy atom. The number of hydrogen-bond donors (Lipinski definition) is 1. The maximum atomic E-state index is 5.45. The Kier molecular flexibility index (Phi) is 6.05. The van der Waals surface area contributed by atoms with Gasteiger partial charge >= 0.3 is 0 Å². The molecular weight excluding hydrogens is 186 g/mol. The Hall–Kier alpha value is -0.860. The molecule has 1 radical (unpaired) electrons. The molecule has 1 aromatic carbocycles. The molecule has 2 nitrogen and oxygen atoms in total. The monoisotopic (exact) mass is 206 g/mol. The fourth-order valence-corrected chi connectivity index (χ4v) is 1.29. The molecule has 83 valence electrons. The van der Waals surface area contributed by atoms with Gasteiger partial charge in [-0.1, -0.05) is 18.2 Å². The Morgan fingerprint density at radius 3 is 3.00 bits per heavy atom. The molecule has 0 atom stereocenters. The van der Waals surface area contributed by atoms with Crippen LogP contribution in [0.15, 0.2) is 24.3 Å². The van der Waals surface area contributed by atoms with E-state index >= 15 is 0 Å². The van der Waals surface area contributed by atoms with Crippen LogP contribution in [-0.2, 0) is 11.3 Å². The topological polar surface area (TPSA) is 21.3 Å². The van der Waals surface area contributed by atoms with E-state index in [0.717, 1.165) is 26.1 Å². The number of rotatable bonds is 7. The average molecular weight is 206 g/mol. The van der Waals surface area contributed by atoms with Crippen molar-refractivity contribution in [3.63, 3.8) is 0 Å². The maximum absolute atomic E-state index is 5.45. The van der Waals surface area contributed by atoms with Gasteiger partial charge in [-0.2, -0.15) is 0 Å². The molecule has 0 heterocycles. The molecule has 1 aromatic rings. The van der Waals surface area contributed by atoms with Crippen LogP contribution < -0.4 is 5.32 Å². The minimum Gasteiger partial charge on any atom is -0.379 e. The van der Waals surface area contributed by atoms with Gasteiger partial charge in [-0.25, -0.2) is 0 Å². The normalized spacial score (nSPS) is 10.9. The van der Waals surface area contributed by atoms with E-state index in [1.54, 1.807) is 0 Å². The summed E-state index contributed by atoms with van der Waals surface area (Å²) in [5.41, 5.74) is 1.28. The lowest BCUT2D eigenvalue weighted by atomic mass is 10.2. The van der Waals surface area contributed by atoms with E-state index < -0.39 is 0 Å². The highest BCUT2D eigenvalue weighted by atomic mass is 16.5. The molecule has 0 aliphatic rings. The van der Waals surface area contributed by atoms with E-state index in [-0.39, 0.29) is 0 Å². The average Bonchev–Trinajstić information content (AvgIpc) is 2.24. The first-order valence-corrected chi connectivity index (χ1v) is 5.56. The third-order valence-corrected chi connectivity index (χ3v) is 2.05. The summed E-state index contributed by atoms with van der Waals surface area (Å²) in [5.74, 6) is 0. The summed E-state index contributed by atoms with van der Waals surface area (Å²) in [6, 6.07) is 11.1. The van der Waals surface area contributed by atoms with E-state index in [1.165, 1.54) is 5.56 Å². The van der Waals surface area contributed by atoms with Crippen molar-refractivity contribution >= 4 is 0 Å². The first kappa shape index (κ1) is 12.2. The molecule has 0 unspecified atom stereocenters. The van der Waals surface area contributed by atoms with Gasteiger partial charge in [0, 0.05) is 13.2 Å². The van der Waals surface area contributed by atoms with E-state index in [2.05, 4.69) is 31.3 Å². The molecule has 0 bridgehead atoms. The molecule has 0 aliphatic heterocycles. The summed E-state index contributed by atoms with van der Waals surface area (Å²) in [4.78, 5) is 0. The molecular formula is C13H20NO. The van der Waals surface area contributed by atoms with Crippen molar-refractivity contribution in [3.05, 3.63) is 35.9 Å². The summed E-state index contributed by atoms with van der Waals surface area (Å²) in [6.45, 7) is 6.88. The smallest absolute Gasteiger partial charge is 0.0518 e. The fraction of sp³-hybridized carbons (Fsp3) is 0.538. The van der Waals surface area contributed by atoms with Gasteiger partial charge in [0.1, 0.15) is 0 Å². The van der Waals surface area contributed by atoms with Crippen LogP contribution in [0, 0.1) is 6.07 Å². The molecule has 0 amide bonds. The summed E-state index contributed by atoms with van der Waals surface area (Å²) in [6.07, 6.45) is 1.41. The zero-order chi connectivity index (χ0) is 10.9. The molecule has 15 heavy (non-hydrogen) atoms. The molecule has 0 spiro atoms. The molecule has 1 N–H and O–H groups in total. The number of hydrogen-bond acceptors (Lipinski definition) is 2. The SMILES string of the molecule is CC(C)OCCCNCc1c[c]ccc1. The van der Waals surface area contributed by atoms with Gasteiger partial charge in [-0.15, -0.1) is 0 Å². The van der Waals surface area contributed by atoms with Crippen molar-refractivity contribution in [2.24, 2.45) is 0 Å². The second kappa shape index (κ2) is 7.43. The molecule has 0 saturated heterocycles. The third kappa shape index (κ3) is 6.26. The molecule has 1 rings (SSSR count). The van der Waals surface area contributed by atoms with Crippen LogP contribution >= 0.6 is 0 Å². The highest BCUT2D eigenvalue weighted by Crippen LogP contribution is 1.96. The molecule has 0 aromatic heterocycles. The predicted molar refractivity (Wildman–Crippen MR) is 62.7 cm³/mol. The standard InChI is InChI=1S/C13H20NO/c1-12(2)15-10-6-9-14-11-13-7-4-3-5-8-13/h3-4,7-8,12,14H,6,9-11H2,1-2H3. The summed E-state index contributed by atoms with van der Waals surface area (Å²) < 4.78 is 5.45. The van der Waals surface area contributed by atoms with Gasteiger partial charge in [0.05, 0.1) is 6.10 Å². The van der Waals surface area contributed by atoms with Gasteiger partial charge in [0.25, 0.3) is 0 Å². The predicted octanol–water partition coefficient (Wildman–Crippen LogP) is 2.39. The summed E-state index contributed by atoms with van der Waals surface area (Å²) in [7, 11) is 0. The minimum atomic E-state index is 0.341. The molecule has 0 aliphatic carbocycles. The van der Waals surface area contributed by atoms with Crippen LogP contribution in [0.2, 0.25) is 0 Å². The van der Waals surface area contributed by atoms with E-state index in [1.807, 2.05) is 18.2 Å². The van der Waals surface area contributed by atoms with Crippen molar-refractivity contribution in [1.29, 1.82) is 0 Å². The zero-order valence-electron chi connectivity index (χ0n) is 9.62. The largest absolute Gasteiger partial charge is 0.379 e. The van der Waals surface area contributed by atoms with Crippen molar-refractivity contribution in [2.75, 3.05) is 13.2 Å². The van der Waals surface area contributed by atoms with Gasteiger partial charge in [-0.3, -0.25) is 0 Å². The second-order valence-electron chi connectivity index (χ2n) is 3.86. The van der Waals surface area contributed by atoms with E-state index in [4.69, 9.17) is 4.74 Å². The van der Waals surface area contributed by atoms with Crippen molar-refractivity contribution < 1.29 is 4.74 Å². The fourth-order valence-electron chi connectivity index (χ4n) is 1.29. The number of benzene rings is 1. The first-order chi connectivity index (χ1) is 7.29. The number of nitrogens with one attached hydrogen (secondary N) is 1. The summed E-state index contributed by atoms with van der Waals surface area (Å²) in [5, 5.41) is 3.38. The highest BCUT2D eigenvalue weighted by molar-refractivity contribution is 5.13. The Balaban J connectivity index is 1.98. The van der Waals surface area contributed by atoms with Gasteiger partial charge < -0.3 is 10.1 Å². The Morgan fingerprint density at radius 1 is 1.47 bits per heavy atom. The van der Waals surface area contributed by atoms with Crippen LogP contribution in [0.4, 0.5) is 0 Å². The lowest BCUT2D eigenvalue weighted by Crippen LogP contribution is -2.17. The Labute approximate surface area is 92.6 Å². The van der Waals surface area contributed by atoms with Crippen molar-refractivity contribution in [2.45, 2.75) is 32.9 Å². The van der Waals surface area contributed by atoms with Gasteiger partial charge in [-0.05, 0) is 44.5 Å². The molecule has 0 saturated carbocycles. The first-order valence-electron chi connectivity index (χ1n) is 5.56. The van der Waals surface area contributed by atoms with Crippen molar-refractivity contribution in [1.82, 2.24) is 5.32 Å². The van der Waals surface area contributed by atoms with Crippen LogP contribution in [0.1, 0.15) is 25.8 Å². The second-order valence-corrected chi connectivity index (χ2v) is 3.86. The quantitative estimate of drug-likeness (QED) is 0.692. The van der Waals surface area contributed by atoms with Gasteiger partial charge in [0.15, 0.2) is 0 Å². The third-order valence-electron chi connectivity index (χ3n) is 2.05. The van der Waals surface area contributed by atoms with Crippen LogP contribution in [0.3, 0.4) is 0 Å². The van der Waals surface area contributed by atoms with Crippen LogP contribution in [0.5, 0.6) is 0 Å². The highest BCUT2D eigenvalue weighted by Gasteiger charge is 1.93. The number of ether oxygens (including phenoxy) is 1. The Bertz CT molecular complexity index is 246. The van der Waals surface area contributed by atoms with Crippen LogP contribution in [-0.4, -0.2) is 19.3 Å².